The Hall–Kier alpha value is -2.69. The summed E-state index contributed by atoms with van der Waals surface area (Å²) in [5.74, 6) is -2.16. The number of amides is 1. The van der Waals surface area contributed by atoms with Crippen molar-refractivity contribution in [3.8, 4) is 0 Å². The zero-order valence-electron chi connectivity index (χ0n) is 22.2. The molecule has 0 bridgehead atoms. The van der Waals surface area contributed by atoms with Crippen molar-refractivity contribution in [3.63, 3.8) is 0 Å². The molecule has 212 valence electrons. The van der Waals surface area contributed by atoms with Crippen molar-refractivity contribution < 1.29 is 32.7 Å². The number of ketones is 1. The molecule has 2 aliphatic rings. The van der Waals surface area contributed by atoms with Gasteiger partial charge in [-0.25, -0.2) is 0 Å². The molecule has 1 aromatic heterocycles. The Morgan fingerprint density at radius 3 is 2.26 bits per heavy atom. The van der Waals surface area contributed by atoms with Gasteiger partial charge in [0.25, 0.3) is 5.91 Å². The van der Waals surface area contributed by atoms with Crippen molar-refractivity contribution in [3.05, 3.63) is 51.8 Å². The Morgan fingerprint density at radius 2 is 1.72 bits per heavy atom. The predicted molar refractivity (Wildman–Crippen MR) is 141 cm³/mol. The summed E-state index contributed by atoms with van der Waals surface area (Å²) < 4.78 is 44.7. The molecule has 2 fully saturated rings. The van der Waals surface area contributed by atoms with E-state index >= 15 is 0 Å². The first-order chi connectivity index (χ1) is 18.1. The lowest BCUT2D eigenvalue weighted by Gasteiger charge is -2.44. The van der Waals surface area contributed by atoms with Crippen molar-refractivity contribution in [2.75, 3.05) is 13.1 Å². The van der Waals surface area contributed by atoms with E-state index in [4.69, 9.17) is 0 Å². The normalized spacial score (nSPS) is 23.2. The molecule has 2 saturated carbocycles. The van der Waals surface area contributed by atoms with Gasteiger partial charge in [-0.1, -0.05) is 48.0 Å². The molecule has 0 radical (unpaired) electrons. The average Bonchev–Trinajstić information content (AvgIpc) is 3.28. The molecule has 1 N–H and O–H groups in total. The van der Waals surface area contributed by atoms with Gasteiger partial charge < -0.3 is 10.0 Å². The number of benzene rings is 1. The first kappa shape index (κ1) is 29.3. The number of carbonyl (C=O) groups excluding carboxylic acids is 2. The van der Waals surface area contributed by atoms with Crippen molar-refractivity contribution in [2.45, 2.75) is 71.5 Å². The highest BCUT2D eigenvalue weighted by Gasteiger charge is 2.46. The SMILES string of the molecule is CC1(C)CC(CN(CC(=O)c2ccccc2Br)C(=O)c2cnn(C3CCC(C)(C(=O)O)CC3)c2C(F)(F)F)C1. The van der Waals surface area contributed by atoms with E-state index < -0.39 is 40.8 Å². The summed E-state index contributed by atoms with van der Waals surface area (Å²) in [7, 11) is 0. The average molecular weight is 612 g/mol. The molecular formula is C28H33BrF3N3O4. The molecule has 4 rings (SSSR count). The minimum absolute atomic E-state index is 0.0763. The molecule has 0 saturated heterocycles. The lowest BCUT2D eigenvalue weighted by atomic mass is 9.64. The lowest BCUT2D eigenvalue weighted by molar-refractivity contribution is -0.152. The quantitative estimate of drug-likeness (QED) is 0.338. The Labute approximate surface area is 233 Å². The van der Waals surface area contributed by atoms with Crippen molar-refractivity contribution in [1.82, 2.24) is 14.7 Å². The molecule has 0 spiro atoms. The maximum Gasteiger partial charge on any atom is 0.433 e. The second-order valence-electron chi connectivity index (χ2n) is 12.0. The molecule has 11 heteroatoms. The van der Waals surface area contributed by atoms with Crippen molar-refractivity contribution in [1.29, 1.82) is 0 Å². The van der Waals surface area contributed by atoms with Crippen LogP contribution < -0.4 is 0 Å². The number of carboxylic acid groups (broad SMARTS) is 1. The number of aromatic nitrogens is 2. The highest BCUT2D eigenvalue weighted by molar-refractivity contribution is 9.10. The third kappa shape index (κ3) is 6.23. The molecule has 0 atom stereocenters. The zero-order chi connectivity index (χ0) is 28.8. The molecule has 39 heavy (non-hydrogen) atoms. The minimum atomic E-state index is -4.87. The Kier molecular flexibility index (Phi) is 8.04. The highest BCUT2D eigenvalue weighted by Crippen LogP contribution is 2.46. The second-order valence-corrected chi connectivity index (χ2v) is 12.8. The van der Waals surface area contributed by atoms with Crippen LogP contribution in [0.3, 0.4) is 0 Å². The van der Waals surface area contributed by atoms with Crippen LogP contribution in [0, 0.1) is 16.7 Å². The van der Waals surface area contributed by atoms with Crippen LogP contribution in [-0.4, -0.2) is 50.5 Å². The number of nitrogens with zero attached hydrogens (tertiary/aromatic N) is 3. The first-order valence-corrected chi connectivity index (χ1v) is 13.9. The summed E-state index contributed by atoms with van der Waals surface area (Å²) in [6, 6.07) is 6.05. The summed E-state index contributed by atoms with van der Waals surface area (Å²) in [5, 5.41) is 13.5. The fraction of sp³-hybridized carbons (Fsp3) is 0.571. The molecule has 0 unspecified atom stereocenters. The van der Waals surface area contributed by atoms with E-state index in [1.54, 1.807) is 31.2 Å². The molecule has 2 aliphatic carbocycles. The third-order valence-electron chi connectivity index (χ3n) is 8.17. The summed E-state index contributed by atoms with van der Waals surface area (Å²) >= 11 is 3.34. The maximum absolute atomic E-state index is 14.4. The van der Waals surface area contributed by atoms with E-state index in [0.717, 1.165) is 23.7 Å². The zero-order valence-corrected chi connectivity index (χ0v) is 23.8. The molecular weight excluding hydrogens is 579 g/mol. The van der Waals surface area contributed by atoms with Gasteiger partial charge in [-0.2, -0.15) is 18.3 Å². The van der Waals surface area contributed by atoms with Crippen LogP contribution in [0.4, 0.5) is 13.2 Å². The maximum atomic E-state index is 14.4. The first-order valence-electron chi connectivity index (χ1n) is 13.1. The molecule has 1 amide bonds. The largest absolute Gasteiger partial charge is 0.481 e. The fourth-order valence-corrected chi connectivity index (χ4v) is 6.56. The molecule has 1 aromatic carbocycles. The molecule has 0 aliphatic heterocycles. The van der Waals surface area contributed by atoms with E-state index in [-0.39, 0.29) is 55.9 Å². The number of Topliss-reactive ketones (excluding diaryl/α,β-unsaturated/α-hetero) is 1. The summed E-state index contributed by atoms with van der Waals surface area (Å²) in [5.41, 5.74) is -2.31. The number of hydrogen-bond acceptors (Lipinski definition) is 4. The fourth-order valence-electron chi connectivity index (χ4n) is 6.06. The number of hydrogen-bond donors (Lipinski definition) is 1. The van der Waals surface area contributed by atoms with E-state index in [0.29, 0.717) is 10.0 Å². The van der Waals surface area contributed by atoms with E-state index in [2.05, 4.69) is 34.9 Å². The van der Waals surface area contributed by atoms with Crippen molar-refractivity contribution in [2.24, 2.45) is 16.7 Å². The van der Waals surface area contributed by atoms with Gasteiger partial charge in [0.2, 0.25) is 0 Å². The van der Waals surface area contributed by atoms with Crippen LogP contribution in [-0.2, 0) is 11.0 Å². The van der Waals surface area contributed by atoms with Gasteiger partial charge >= 0.3 is 12.1 Å². The van der Waals surface area contributed by atoms with E-state index in [1.165, 1.54) is 4.90 Å². The van der Waals surface area contributed by atoms with Gasteiger partial charge in [0, 0.05) is 16.6 Å². The number of carboxylic acids is 1. The van der Waals surface area contributed by atoms with Crippen LogP contribution in [0.1, 0.15) is 91.7 Å². The van der Waals surface area contributed by atoms with Gasteiger partial charge in [0.05, 0.1) is 29.8 Å². The van der Waals surface area contributed by atoms with Gasteiger partial charge in [-0.15, -0.1) is 0 Å². The predicted octanol–water partition coefficient (Wildman–Crippen LogP) is 6.63. The number of alkyl halides is 3. The standard InChI is InChI=1S/C28H33BrF3N3O4/c1-26(2)12-17(13-26)15-34(16-22(36)19-6-4-5-7-21(19)29)24(37)20-14-33-35(23(20)28(30,31)32)18-8-10-27(3,11-9-18)25(38)39/h4-7,14,17-18H,8-13,15-16H2,1-3H3,(H,38,39). The van der Waals surface area contributed by atoms with Gasteiger partial charge in [-0.05, 0) is 62.8 Å². The van der Waals surface area contributed by atoms with Crippen LogP contribution >= 0.6 is 15.9 Å². The molecule has 7 nitrogen and oxygen atoms in total. The third-order valence-corrected chi connectivity index (χ3v) is 8.86. The van der Waals surface area contributed by atoms with Gasteiger partial charge in [0.15, 0.2) is 11.5 Å². The Balaban J connectivity index is 1.64. The summed E-state index contributed by atoms with van der Waals surface area (Å²) in [6.07, 6.45) is -1.52. The van der Waals surface area contributed by atoms with Crippen LogP contribution in [0.25, 0.3) is 0 Å². The highest BCUT2D eigenvalue weighted by atomic mass is 79.9. The second kappa shape index (κ2) is 10.7. The molecule has 1 heterocycles. The van der Waals surface area contributed by atoms with Gasteiger partial charge in [0.1, 0.15) is 0 Å². The van der Waals surface area contributed by atoms with Gasteiger partial charge in [-0.3, -0.25) is 19.1 Å². The van der Waals surface area contributed by atoms with Crippen LogP contribution in [0.15, 0.2) is 34.9 Å². The monoisotopic (exact) mass is 611 g/mol. The minimum Gasteiger partial charge on any atom is -0.481 e. The number of halogens is 4. The number of carbonyl (C=O) groups is 3. The van der Waals surface area contributed by atoms with E-state index in [9.17, 15) is 32.7 Å². The Bertz CT molecular complexity index is 1260. The molecule has 2 aromatic rings. The smallest absolute Gasteiger partial charge is 0.433 e. The lowest BCUT2D eigenvalue weighted by Crippen LogP contribution is -2.45. The van der Waals surface area contributed by atoms with Crippen LogP contribution in [0.2, 0.25) is 0 Å². The summed E-state index contributed by atoms with van der Waals surface area (Å²) in [4.78, 5) is 39.7. The van der Waals surface area contributed by atoms with E-state index in [1.807, 2.05) is 0 Å². The summed E-state index contributed by atoms with van der Waals surface area (Å²) in [6.45, 7) is 5.58. The Morgan fingerprint density at radius 1 is 1.10 bits per heavy atom. The van der Waals surface area contributed by atoms with Crippen LogP contribution in [0.5, 0.6) is 0 Å². The number of rotatable bonds is 8. The van der Waals surface area contributed by atoms with Crippen molar-refractivity contribution >= 4 is 33.6 Å². The topological polar surface area (TPSA) is 92.5 Å². The number of aliphatic carboxylic acids is 1.